The summed E-state index contributed by atoms with van der Waals surface area (Å²) >= 11 is 0. The molecule has 2 heteroatoms. The molecule has 2 aromatic heterocycles. The fourth-order valence-corrected chi connectivity index (χ4v) is 4.17. The monoisotopic (exact) mass is 440 g/mol. The Morgan fingerprint density at radius 2 is 1.18 bits per heavy atom. The van der Waals surface area contributed by atoms with Crippen molar-refractivity contribution in [2.45, 2.75) is 6.54 Å². The predicted octanol–water partition coefficient (Wildman–Crippen LogP) is 6.35. The van der Waals surface area contributed by atoms with Crippen LogP contribution in [0.25, 0.3) is 34.5 Å². The Labute approximate surface area is 201 Å². The molecule has 34 heavy (non-hydrogen) atoms. The van der Waals surface area contributed by atoms with E-state index in [1.54, 1.807) is 0 Å². The molecule has 0 aliphatic heterocycles. The van der Waals surface area contributed by atoms with Crippen LogP contribution in [-0.2, 0) is 13.6 Å². The number of aryl methyl sites for hydroxylation is 1. The van der Waals surface area contributed by atoms with E-state index in [1.165, 1.54) is 33.5 Å². The highest BCUT2D eigenvalue weighted by atomic mass is 15.0. The van der Waals surface area contributed by atoms with E-state index >= 15 is 0 Å². The van der Waals surface area contributed by atoms with Crippen molar-refractivity contribution in [3.05, 3.63) is 144 Å². The van der Waals surface area contributed by atoms with Gasteiger partial charge in [0.1, 0.15) is 7.05 Å². The molecule has 5 aromatic rings. The van der Waals surface area contributed by atoms with Gasteiger partial charge in [0, 0.05) is 41.5 Å². The number of benzene rings is 3. The lowest BCUT2D eigenvalue weighted by molar-refractivity contribution is -0.679. The highest BCUT2D eigenvalue weighted by molar-refractivity contribution is 5.74. The van der Waals surface area contributed by atoms with E-state index in [4.69, 9.17) is 0 Å². The van der Waals surface area contributed by atoms with Gasteiger partial charge in [-0.3, -0.25) is 0 Å². The molecule has 0 unspecified atom stereocenters. The quantitative estimate of drug-likeness (QED) is 0.272. The van der Waals surface area contributed by atoms with E-state index in [1.807, 2.05) is 7.05 Å². The summed E-state index contributed by atoms with van der Waals surface area (Å²) in [6.07, 6.45) is 8.58. The summed E-state index contributed by atoms with van der Waals surface area (Å²) in [6, 6.07) is 40.8. The summed E-state index contributed by atoms with van der Waals surface area (Å²) in [5.41, 5.74) is 8.45. The molecule has 0 bridgehead atoms. The molecule has 0 N–H and O–H groups in total. The molecular formula is C32H28N2+2. The summed E-state index contributed by atoms with van der Waals surface area (Å²) in [4.78, 5) is 0. The lowest BCUT2D eigenvalue weighted by atomic mass is 10.0. The predicted molar refractivity (Wildman–Crippen MR) is 140 cm³/mol. The van der Waals surface area contributed by atoms with Gasteiger partial charge in [-0.25, -0.2) is 4.57 Å². The number of pyridine rings is 2. The standard InChI is InChI=1S/C32H28N2/c1-33-21-19-26(20-22-33)17-18-31-23-30(28-13-7-3-8-14-28)24-32(29-15-9-4-10-16-29)34(31)25-27-11-5-2-6-12-27/h2-24H,25H2,1H3/q+2/b18-17+. The van der Waals surface area contributed by atoms with Crippen molar-refractivity contribution in [2.75, 3.05) is 0 Å². The van der Waals surface area contributed by atoms with Crippen LogP contribution in [0.1, 0.15) is 16.8 Å². The van der Waals surface area contributed by atoms with Crippen molar-refractivity contribution in [3.63, 3.8) is 0 Å². The maximum absolute atomic E-state index is 2.41. The van der Waals surface area contributed by atoms with Crippen molar-refractivity contribution in [2.24, 2.45) is 7.05 Å². The van der Waals surface area contributed by atoms with Crippen LogP contribution in [0, 0.1) is 0 Å². The number of hydrogen-bond acceptors (Lipinski definition) is 0. The van der Waals surface area contributed by atoms with Gasteiger partial charge in [-0.1, -0.05) is 78.9 Å². The van der Waals surface area contributed by atoms with E-state index in [0.717, 1.165) is 12.2 Å². The molecule has 0 amide bonds. The molecule has 0 spiro atoms. The molecule has 3 aromatic carbocycles. The average molecular weight is 441 g/mol. The Balaban J connectivity index is 1.70. The molecule has 0 saturated heterocycles. The van der Waals surface area contributed by atoms with Crippen molar-refractivity contribution in [1.82, 2.24) is 0 Å². The Hall–Kier alpha value is -4.30. The van der Waals surface area contributed by atoms with E-state index in [0.29, 0.717) is 0 Å². The Morgan fingerprint density at radius 3 is 1.82 bits per heavy atom. The van der Waals surface area contributed by atoms with Gasteiger partial charge >= 0.3 is 0 Å². The molecule has 0 radical (unpaired) electrons. The van der Waals surface area contributed by atoms with Gasteiger partial charge in [0.05, 0.1) is 0 Å². The molecule has 0 fully saturated rings. The smallest absolute Gasteiger partial charge is 0.208 e. The van der Waals surface area contributed by atoms with Gasteiger partial charge in [0.15, 0.2) is 18.9 Å². The summed E-state index contributed by atoms with van der Waals surface area (Å²) in [7, 11) is 2.04. The van der Waals surface area contributed by atoms with E-state index in [9.17, 15) is 0 Å². The summed E-state index contributed by atoms with van der Waals surface area (Å²) < 4.78 is 4.47. The third-order valence-electron chi connectivity index (χ3n) is 6.01. The van der Waals surface area contributed by atoms with Crippen LogP contribution in [0.4, 0.5) is 0 Å². The fraction of sp³-hybridized carbons (Fsp3) is 0.0625. The van der Waals surface area contributed by atoms with Crippen LogP contribution < -0.4 is 9.13 Å². The zero-order chi connectivity index (χ0) is 23.2. The maximum atomic E-state index is 2.41. The summed E-state index contributed by atoms with van der Waals surface area (Å²) in [5, 5.41) is 0. The van der Waals surface area contributed by atoms with Crippen molar-refractivity contribution in [1.29, 1.82) is 0 Å². The topological polar surface area (TPSA) is 7.76 Å². The maximum Gasteiger partial charge on any atom is 0.213 e. The van der Waals surface area contributed by atoms with Crippen LogP contribution in [0.2, 0.25) is 0 Å². The molecule has 0 aliphatic carbocycles. The first-order valence-corrected chi connectivity index (χ1v) is 11.6. The number of nitrogens with zero attached hydrogens (tertiary/aromatic N) is 2. The second-order valence-corrected chi connectivity index (χ2v) is 8.49. The second kappa shape index (κ2) is 10.1. The minimum absolute atomic E-state index is 0.795. The average Bonchev–Trinajstić information content (AvgIpc) is 2.90. The third kappa shape index (κ3) is 5.02. The lowest BCUT2D eigenvalue weighted by Crippen LogP contribution is -2.40. The molecular weight excluding hydrogens is 412 g/mol. The fourth-order valence-electron chi connectivity index (χ4n) is 4.17. The summed E-state index contributed by atoms with van der Waals surface area (Å²) in [6.45, 7) is 0.795. The minimum atomic E-state index is 0.795. The molecule has 5 rings (SSSR count). The highest BCUT2D eigenvalue weighted by Gasteiger charge is 2.20. The lowest BCUT2D eigenvalue weighted by Gasteiger charge is -2.11. The number of hydrogen-bond donors (Lipinski definition) is 0. The zero-order valence-electron chi connectivity index (χ0n) is 19.4. The van der Waals surface area contributed by atoms with E-state index in [2.05, 4.69) is 149 Å². The zero-order valence-corrected chi connectivity index (χ0v) is 19.4. The van der Waals surface area contributed by atoms with Gasteiger partial charge in [-0.15, -0.1) is 0 Å². The first-order chi connectivity index (χ1) is 16.8. The van der Waals surface area contributed by atoms with Gasteiger partial charge in [-0.2, -0.15) is 4.57 Å². The van der Waals surface area contributed by atoms with E-state index < -0.39 is 0 Å². The van der Waals surface area contributed by atoms with Gasteiger partial charge in [-0.05, 0) is 34.9 Å². The Morgan fingerprint density at radius 1 is 0.588 bits per heavy atom. The van der Waals surface area contributed by atoms with Crippen LogP contribution in [-0.4, -0.2) is 0 Å². The molecule has 2 heterocycles. The normalized spacial score (nSPS) is 11.1. The van der Waals surface area contributed by atoms with Gasteiger partial charge in [0.2, 0.25) is 11.4 Å². The number of aromatic nitrogens is 2. The van der Waals surface area contributed by atoms with Crippen molar-refractivity contribution in [3.8, 4) is 22.4 Å². The van der Waals surface area contributed by atoms with Crippen LogP contribution >= 0.6 is 0 Å². The first-order valence-electron chi connectivity index (χ1n) is 11.6. The van der Waals surface area contributed by atoms with E-state index in [-0.39, 0.29) is 0 Å². The first kappa shape index (κ1) is 21.5. The molecule has 0 atom stereocenters. The van der Waals surface area contributed by atoms with Crippen molar-refractivity contribution < 1.29 is 9.13 Å². The summed E-state index contributed by atoms with van der Waals surface area (Å²) in [5.74, 6) is 0. The SMILES string of the molecule is C[n+]1ccc(/C=C/c2cc(-c3ccccc3)cc(-c3ccccc3)[n+]2Cc2ccccc2)cc1. The third-order valence-corrected chi connectivity index (χ3v) is 6.01. The second-order valence-electron chi connectivity index (χ2n) is 8.49. The number of rotatable bonds is 6. The molecule has 2 nitrogen and oxygen atoms in total. The largest absolute Gasteiger partial charge is 0.213 e. The van der Waals surface area contributed by atoms with Gasteiger partial charge < -0.3 is 0 Å². The van der Waals surface area contributed by atoms with Gasteiger partial charge in [0.25, 0.3) is 0 Å². The van der Waals surface area contributed by atoms with Crippen LogP contribution in [0.5, 0.6) is 0 Å². The van der Waals surface area contributed by atoms with Crippen LogP contribution in [0.3, 0.4) is 0 Å². The molecule has 0 saturated carbocycles. The molecule has 164 valence electrons. The Kier molecular flexibility index (Phi) is 6.40. The molecule has 0 aliphatic rings. The highest BCUT2D eigenvalue weighted by Crippen LogP contribution is 2.26. The van der Waals surface area contributed by atoms with Crippen LogP contribution in [0.15, 0.2) is 128 Å². The minimum Gasteiger partial charge on any atom is -0.208 e. The Bertz CT molecular complexity index is 1390. The van der Waals surface area contributed by atoms with Crippen molar-refractivity contribution >= 4 is 12.2 Å².